The summed E-state index contributed by atoms with van der Waals surface area (Å²) < 4.78 is 30.9. The van der Waals surface area contributed by atoms with Crippen molar-refractivity contribution in [2.75, 3.05) is 7.11 Å². The summed E-state index contributed by atoms with van der Waals surface area (Å²) in [6, 6.07) is 2.58. The van der Waals surface area contributed by atoms with E-state index in [4.69, 9.17) is 0 Å². The molecule has 0 aliphatic carbocycles. The van der Waals surface area contributed by atoms with Crippen molar-refractivity contribution in [2.45, 2.75) is 11.8 Å². The predicted octanol–water partition coefficient (Wildman–Crippen LogP) is 3.43. The van der Waals surface area contributed by atoms with Crippen molar-refractivity contribution in [3.8, 4) is 5.75 Å². The van der Waals surface area contributed by atoms with Gasteiger partial charge in [-0.3, -0.25) is 0 Å². The Labute approximate surface area is 83.8 Å². The molecule has 0 fully saturated rings. The first-order valence-corrected chi connectivity index (χ1v) is 4.65. The summed E-state index contributed by atoms with van der Waals surface area (Å²) in [5.41, 5.74) is 0.387. The maximum absolute atomic E-state index is 13.4. The lowest BCUT2D eigenvalue weighted by molar-refractivity contribution is 0.357. The zero-order valence-electron chi connectivity index (χ0n) is 7.27. The Kier molecular flexibility index (Phi) is 3.25. The molecule has 0 aromatic heterocycles. The molecule has 0 aliphatic rings. The Hall–Kier alpha value is -0.640. The van der Waals surface area contributed by atoms with Crippen LogP contribution in [0.1, 0.15) is 17.3 Å². The molecular formula is C9H9BrF2O. The maximum Gasteiger partial charge on any atom is 0.190 e. The Morgan fingerprint density at radius 2 is 2.00 bits per heavy atom. The lowest BCUT2D eigenvalue weighted by Crippen LogP contribution is -1.98. The third-order valence-electron chi connectivity index (χ3n) is 1.71. The second kappa shape index (κ2) is 4.05. The monoisotopic (exact) mass is 250 g/mol. The first-order valence-electron chi connectivity index (χ1n) is 3.74. The Bertz CT molecular complexity index is 313. The van der Waals surface area contributed by atoms with Gasteiger partial charge < -0.3 is 4.74 Å². The second-order valence-electron chi connectivity index (χ2n) is 2.60. The summed E-state index contributed by atoms with van der Waals surface area (Å²) >= 11 is 3.20. The third kappa shape index (κ3) is 1.99. The molecule has 1 rings (SSSR count). The second-order valence-corrected chi connectivity index (χ2v) is 3.97. The average Bonchev–Trinajstić information content (AvgIpc) is 2.04. The van der Waals surface area contributed by atoms with E-state index in [-0.39, 0.29) is 10.6 Å². The van der Waals surface area contributed by atoms with Crippen molar-refractivity contribution in [3.05, 3.63) is 29.3 Å². The number of benzene rings is 1. The first-order chi connectivity index (χ1) is 6.07. The van der Waals surface area contributed by atoms with Crippen LogP contribution in [0.25, 0.3) is 0 Å². The highest BCUT2D eigenvalue weighted by molar-refractivity contribution is 9.09. The van der Waals surface area contributed by atoms with E-state index in [1.54, 1.807) is 6.92 Å². The van der Waals surface area contributed by atoms with Gasteiger partial charge in [-0.05, 0) is 13.0 Å². The summed E-state index contributed by atoms with van der Waals surface area (Å²) in [5.74, 6) is -1.66. The molecule has 13 heavy (non-hydrogen) atoms. The van der Waals surface area contributed by atoms with Crippen LogP contribution >= 0.6 is 15.9 Å². The standard InChI is InChI=1S/C9H9BrF2O/c1-5(10)6-3-4-7(11)9(13-2)8(6)12/h3-5H,1-2H3. The van der Waals surface area contributed by atoms with Crippen LogP contribution in [0.5, 0.6) is 5.75 Å². The van der Waals surface area contributed by atoms with Gasteiger partial charge in [-0.25, -0.2) is 8.78 Å². The normalized spacial score (nSPS) is 12.7. The minimum absolute atomic E-state index is 0.165. The van der Waals surface area contributed by atoms with E-state index in [0.717, 1.165) is 0 Å². The number of methoxy groups -OCH3 is 1. The average molecular weight is 251 g/mol. The Morgan fingerprint density at radius 1 is 1.38 bits per heavy atom. The van der Waals surface area contributed by atoms with Gasteiger partial charge in [0.1, 0.15) is 0 Å². The van der Waals surface area contributed by atoms with Crippen LogP contribution in [-0.2, 0) is 0 Å². The van der Waals surface area contributed by atoms with Crippen LogP contribution in [0, 0.1) is 11.6 Å². The molecule has 1 unspecified atom stereocenters. The van der Waals surface area contributed by atoms with E-state index in [2.05, 4.69) is 20.7 Å². The summed E-state index contributed by atoms with van der Waals surface area (Å²) in [5, 5.41) is 0. The zero-order chi connectivity index (χ0) is 10.0. The van der Waals surface area contributed by atoms with E-state index < -0.39 is 11.6 Å². The van der Waals surface area contributed by atoms with E-state index in [1.807, 2.05) is 0 Å². The fourth-order valence-electron chi connectivity index (χ4n) is 1.04. The van der Waals surface area contributed by atoms with Crippen molar-refractivity contribution in [3.63, 3.8) is 0 Å². The first kappa shape index (κ1) is 10.4. The molecule has 0 N–H and O–H groups in total. The highest BCUT2D eigenvalue weighted by Crippen LogP contribution is 2.31. The van der Waals surface area contributed by atoms with Crippen LogP contribution in [0.3, 0.4) is 0 Å². The number of halogens is 3. The van der Waals surface area contributed by atoms with E-state index in [9.17, 15) is 8.78 Å². The molecule has 0 amide bonds. The number of alkyl halides is 1. The molecule has 0 saturated heterocycles. The molecule has 0 saturated carbocycles. The molecular weight excluding hydrogens is 242 g/mol. The molecule has 0 bridgehead atoms. The van der Waals surface area contributed by atoms with Gasteiger partial charge in [0, 0.05) is 10.4 Å². The van der Waals surface area contributed by atoms with E-state index in [0.29, 0.717) is 5.56 Å². The van der Waals surface area contributed by atoms with Crippen LogP contribution in [0.4, 0.5) is 8.78 Å². The van der Waals surface area contributed by atoms with Crippen LogP contribution < -0.4 is 4.74 Å². The molecule has 1 aromatic rings. The summed E-state index contributed by atoms with van der Waals surface area (Å²) in [6.07, 6.45) is 0. The number of ether oxygens (including phenoxy) is 1. The van der Waals surface area contributed by atoms with Gasteiger partial charge in [0.25, 0.3) is 0 Å². The Balaban J connectivity index is 3.27. The van der Waals surface area contributed by atoms with Gasteiger partial charge in [0.05, 0.1) is 7.11 Å². The highest BCUT2D eigenvalue weighted by atomic mass is 79.9. The molecule has 1 nitrogen and oxygen atoms in total. The summed E-state index contributed by atoms with van der Waals surface area (Å²) in [7, 11) is 1.24. The molecule has 0 spiro atoms. The third-order valence-corrected chi connectivity index (χ3v) is 2.20. The number of rotatable bonds is 2. The van der Waals surface area contributed by atoms with Crippen molar-refractivity contribution in [1.29, 1.82) is 0 Å². The topological polar surface area (TPSA) is 9.23 Å². The largest absolute Gasteiger partial charge is 0.491 e. The quantitative estimate of drug-likeness (QED) is 0.731. The molecule has 0 radical (unpaired) electrons. The smallest absolute Gasteiger partial charge is 0.190 e. The molecule has 4 heteroatoms. The predicted molar refractivity (Wildman–Crippen MR) is 50.3 cm³/mol. The lowest BCUT2D eigenvalue weighted by atomic mass is 10.1. The van der Waals surface area contributed by atoms with Crippen molar-refractivity contribution in [2.24, 2.45) is 0 Å². The van der Waals surface area contributed by atoms with Crippen LogP contribution in [-0.4, -0.2) is 7.11 Å². The molecule has 1 atom stereocenters. The zero-order valence-corrected chi connectivity index (χ0v) is 8.86. The summed E-state index contributed by atoms with van der Waals surface area (Å²) in [4.78, 5) is -0.165. The minimum atomic E-state index is -0.683. The van der Waals surface area contributed by atoms with Gasteiger partial charge in [0.15, 0.2) is 17.4 Å². The van der Waals surface area contributed by atoms with Crippen molar-refractivity contribution < 1.29 is 13.5 Å². The number of hydrogen-bond donors (Lipinski definition) is 0. The van der Waals surface area contributed by atoms with Crippen molar-refractivity contribution >= 4 is 15.9 Å². The molecule has 72 valence electrons. The van der Waals surface area contributed by atoms with Crippen LogP contribution in [0.15, 0.2) is 12.1 Å². The van der Waals surface area contributed by atoms with Gasteiger partial charge in [0.2, 0.25) is 0 Å². The lowest BCUT2D eigenvalue weighted by Gasteiger charge is -2.09. The molecule has 1 aromatic carbocycles. The SMILES string of the molecule is COc1c(F)ccc(C(C)Br)c1F. The van der Waals surface area contributed by atoms with Gasteiger partial charge in [-0.1, -0.05) is 22.0 Å². The van der Waals surface area contributed by atoms with Crippen molar-refractivity contribution in [1.82, 2.24) is 0 Å². The van der Waals surface area contributed by atoms with E-state index >= 15 is 0 Å². The van der Waals surface area contributed by atoms with Gasteiger partial charge >= 0.3 is 0 Å². The molecule has 0 heterocycles. The van der Waals surface area contributed by atoms with Gasteiger partial charge in [-0.2, -0.15) is 0 Å². The fourth-order valence-corrected chi connectivity index (χ4v) is 1.40. The highest BCUT2D eigenvalue weighted by Gasteiger charge is 2.16. The van der Waals surface area contributed by atoms with Crippen LogP contribution in [0.2, 0.25) is 0 Å². The maximum atomic E-state index is 13.4. The summed E-state index contributed by atoms with van der Waals surface area (Å²) in [6.45, 7) is 1.76. The molecule has 0 aliphatic heterocycles. The fraction of sp³-hybridized carbons (Fsp3) is 0.333. The van der Waals surface area contributed by atoms with Gasteiger partial charge in [-0.15, -0.1) is 0 Å². The Morgan fingerprint density at radius 3 is 2.46 bits per heavy atom. The minimum Gasteiger partial charge on any atom is -0.491 e. The van der Waals surface area contributed by atoms with E-state index in [1.165, 1.54) is 19.2 Å². The number of hydrogen-bond acceptors (Lipinski definition) is 1.